The number of benzene rings is 2. The van der Waals surface area contributed by atoms with Crippen LogP contribution in [-0.4, -0.2) is 23.9 Å². The second-order valence-electron chi connectivity index (χ2n) is 6.04. The van der Waals surface area contributed by atoms with Gasteiger partial charge in [0.05, 0.1) is 0 Å². The van der Waals surface area contributed by atoms with Crippen molar-refractivity contribution in [1.29, 1.82) is 0 Å². The molecular weight excluding hydrogens is 260 g/mol. The van der Waals surface area contributed by atoms with Crippen molar-refractivity contribution in [3.05, 3.63) is 48.0 Å². The van der Waals surface area contributed by atoms with Crippen molar-refractivity contribution in [2.45, 2.75) is 32.9 Å². The fourth-order valence-corrected chi connectivity index (χ4v) is 2.29. The number of rotatable bonds is 5. The zero-order valence-electron chi connectivity index (χ0n) is 13.0. The number of nitrogens with two attached hydrogens (primary N) is 1. The van der Waals surface area contributed by atoms with Crippen molar-refractivity contribution in [3.8, 4) is 0 Å². The standard InChI is InChI=1S/C18H24N2O/c1-13(2)17(19)11-18(21)20(3)12-14-8-9-15-6-4-5-7-16(15)10-14/h4-10,13,17H,11-12,19H2,1-3H3. The molecule has 2 N–H and O–H groups in total. The molecule has 0 saturated carbocycles. The van der Waals surface area contributed by atoms with Gasteiger partial charge in [0.15, 0.2) is 0 Å². The first kappa shape index (κ1) is 15.5. The smallest absolute Gasteiger partial charge is 0.224 e. The molecule has 0 radical (unpaired) electrons. The van der Waals surface area contributed by atoms with Gasteiger partial charge in [0.25, 0.3) is 0 Å². The van der Waals surface area contributed by atoms with Crippen LogP contribution in [0.5, 0.6) is 0 Å². The number of amides is 1. The lowest BCUT2D eigenvalue weighted by molar-refractivity contribution is -0.131. The summed E-state index contributed by atoms with van der Waals surface area (Å²) in [6.07, 6.45) is 0.405. The molecule has 0 bridgehead atoms. The first-order valence-electron chi connectivity index (χ1n) is 7.44. The van der Waals surface area contributed by atoms with Gasteiger partial charge in [0.2, 0.25) is 5.91 Å². The molecule has 2 aromatic carbocycles. The number of hydrogen-bond acceptors (Lipinski definition) is 2. The largest absolute Gasteiger partial charge is 0.341 e. The first-order chi connectivity index (χ1) is 9.97. The number of hydrogen-bond donors (Lipinski definition) is 1. The van der Waals surface area contributed by atoms with Crippen LogP contribution in [0.3, 0.4) is 0 Å². The quantitative estimate of drug-likeness (QED) is 0.916. The molecule has 0 aromatic heterocycles. The summed E-state index contributed by atoms with van der Waals surface area (Å²) >= 11 is 0. The van der Waals surface area contributed by atoms with Gasteiger partial charge in [-0.15, -0.1) is 0 Å². The first-order valence-corrected chi connectivity index (χ1v) is 7.44. The van der Waals surface area contributed by atoms with E-state index in [2.05, 4.69) is 30.3 Å². The lowest BCUT2D eigenvalue weighted by Gasteiger charge is -2.21. The number of carbonyl (C=O) groups is 1. The number of nitrogens with zero attached hydrogens (tertiary/aromatic N) is 1. The fourth-order valence-electron chi connectivity index (χ4n) is 2.29. The van der Waals surface area contributed by atoms with Crippen LogP contribution in [0.15, 0.2) is 42.5 Å². The second-order valence-corrected chi connectivity index (χ2v) is 6.04. The van der Waals surface area contributed by atoms with E-state index in [1.165, 1.54) is 10.8 Å². The van der Waals surface area contributed by atoms with E-state index in [-0.39, 0.29) is 11.9 Å². The van der Waals surface area contributed by atoms with Gasteiger partial charge >= 0.3 is 0 Å². The summed E-state index contributed by atoms with van der Waals surface area (Å²) in [7, 11) is 1.84. The summed E-state index contributed by atoms with van der Waals surface area (Å²) in [6, 6.07) is 14.5. The zero-order chi connectivity index (χ0) is 15.4. The predicted molar refractivity (Wildman–Crippen MR) is 87.9 cm³/mol. The molecule has 3 heteroatoms. The maximum absolute atomic E-state index is 12.2. The Hall–Kier alpha value is -1.87. The molecule has 112 valence electrons. The molecule has 0 heterocycles. The molecule has 0 aliphatic rings. The summed E-state index contributed by atoms with van der Waals surface area (Å²) in [6.45, 7) is 4.71. The molecule has 0 saturated heterocycles. The van der Waals surface area contributed by atoms with Crippen molar-refractivity contribution in [2.24, 2.45) is 11.7 Å². The molecular formula is C18H24N2O. The van der Waals surface area contributed by atoms with Gasteiger partial charge in [-0.3, -0.25) is 4.79 Å². The maximum Gasteiger partial charge on any atom is 0.224 e. The average Bonchev–Trinajstić information content (AvgIpc) is 2.46. The maximum atomic E-state index is 12.2. The molecule has 1 unspecified atom stereocenters. The minimum absolute atomic E-state index is 0.0726. The van der Waals surface area contributed by atoms with Crippen LogP contribution in [0.25, 0.3) is 10.8 Å². The molecule has 0 spiro atoms. The minimum Gasteiger partial charge on any atom is -0.341 e. The molecule has 1 atom stereocenters. The van der Waals surface area contributed by atoms with Gasteiger partial charge < -0.3 is 10.6 Å². The SMILES string of the molecule is CC(C)C(N)CC(=O)N(C)Cc1ccc2ccccc2c1. The molecule has 0 aliphatic carbocycles. The van der Waals surface area contributed by atoms with Gasteiger partial charge in [-0.25, -0.2) is 0 Å². The van der Waals surface area contributed by atoms with Crippen molar-refractivity contribution in [3.63, 3.8) is 0 Å². The van der Waals surface area contributed by atoms with Crippen LogP contribution >= 0.6 is 0 Å². The summed E-state index contributed by atoms with van der Waals surface area (Å²) in [5, 5.41) is 2.42. The molecule has 0 fully saturated rings. The van der Waals surface area contributed by atoms with Crippen molar-refractivity contribution >= 4 is 16.7 Å². The second kappa shape index (κ2) is 6.72. The Morgan fingerprint density at radius 1 is 1.14 bits per heavy atom. The van der Waals surface area contributed by atoms with E-state index in [1.54, 1.807) is 4.90 Å². The van der Waals surface area contributed by atoms with Crippen LogP contribution < -0.4 is 5.73 Å². The van der Waals surface area contributed by atoms with Gasteiger partial charge in [-0.05, 0) is 28.3 Å². The zero-order valence-corrected chi connectivity index (χ0v) is 13.0. The van der Waals surface area contributed by atoms with Crippen LogP contribution in [0.4, 0.5) is 0 Å². The highest BCUT2D eigenvalue weighted by atomic mass is 16.2. The monoisotopic (exact) mass is 284 g/mol. The average molecular weight is 284 g/mol. The topological polar surface area (TPSA) is 46.3 Å². The van der Waals surface area contributed by atoms with Gasteiger partial charge in [-0.1, -0.05) is 50.2 Å². The van der Waals surface area contributed by atoms with Gasteiger partial charge in [-0.2, -0.15) is 0 Å². The normalized spacial score (nSPS) is 12.6. The van der Waals surface area contributed by atoms with E-state index < -0.39 is 0 Å². The Kier molecular flexibility index (Phi) is 4.97. The van der Waals surface area contributed by atoms with Crippen molar-refractivity contribution in [2.75, 3.05) is 7.05 Å². The summed E-state index contributed by atoms with van der Waals surface area (Å²) in [5.74, 6) is 0.423. The number of carbonyl (C=O) groups excluding carboxylic acids is 1. The molecule has 2 rings (SSSR count). The Balaban J connectivity index is 2.03. The molecule has 2 aromatic rings. The molecule has 0 aliphatic heterocycles. The van der Waals surface area contributed by atoms with E-state index in [4.69, 9.17) is 5.73 Å². The van der Waals surface area contributed by atoms with E-state index >= 15 is 0 Å². The lowest BCUT2D eigenvalue weighted by Crippen LogP contribution is -2.35. The highest BCUT2D eigenvalue weighted by molar-refractivity contribution is 5.83. The third-order valence-electron chi connectivity index (χ3n) is 3.93. The van der Waals surface area contributed by atoms with Crippen molar-refractivity contribution < 1.29 is 4.79 Å². The van der Waals surface area contributed by atoms with E-state index in [9.17, 15) is 4.79 Å². The van der Waals surface area contributed by atoms with Crippen LogP contribution in [0.2, 0.25) is 0 Å². The number of fused-ring (bicyclic) bond motifs is 1. The van der Waals surface area contributed by atoms with Crippen LogP contribution in [0, 0.1) is 5.92 Å². The fraction of sp³-hybridized carbons (Fsp3) is 0.389. The van der Waals surface area contributed by atoms with Crippen LogP contribution in [0.1, 0.15) is 25.8 Å². The van der Waals surface area contributed by atoms with Gasteiger partial charge in [0, 0.05) is 26.1 Å². The summed E-state index contributed by atoms with van der Waals surface area (Å²) < 4.78 is 0. The summed E-state index contributed by atoms with van der Waals surface area (Å²) in [4.78, 5) is 13.9. The third kappa shape index (κ3) is 4.05. The summed E-state index contributed by atoms with van der Waals surface area (Å²) in [5.41, 5.74) is 7.12. The Labute approximate surface area is 126 Å². The minimum atomic E-state index is -0.0726. The third-order valence-corrected chi connectivity index (χ3v) is 3.93. The van der Waals surface area contributed by atoms with Crippen LogP contribution in [-0.2, 0) is 11.3 Å². The molecule has 1 amide bonds. The van der Waals surface area contributed by atoms with E-state index in [0.717, 1.165) is 5.56 Å². The Bertz CT molecular complexity index is 621. The highest BCUT2D eigenvalue weighted by Crippen LogP contribution is 2.17. The van der Waals surface area contributed by atoms with Gasteiger partial charge in [0.1, 0.15) is 0 Å². The Morgan fingerprint density at radius 3 is 2.48 bits per heavy atom. The molecule has 21 heavy (non-hydrogen) atoms. The van der Waals surface area contributed by atoms with E-state index in [0.29, 0.717) is 18.9 Å². The molecule has 3 nitrogen and oxygen atoms in total. The highest BCUT2D eigenvalue weighted by Gasteiger charge is 2.16. The Morgan fingerprint density at radius 2 is 1.81 bits per heavy atom. The predicted octanol–water partition coefficient (Wildman–Crippen LogP) is 3.17. The van der Waals surface area contributed by atoms with Crippen molar-refractivity contribution in [1.82, 2.24) is 4.90 Å². The van der Waals surface area contributed by atoms with E-state index in [1.807, 2.05) is 33.0 Å². The lowest BCUT2D eigenvalue weighted by atomic mass is 10.0.